The molecule has 1 fully saturated rings. The third-order valence-corrected chi connectivity index (χ3v) is 5.86. The van der Waals surface area contributed by atoms with E-state index in [0.29, 0.717) is 48.9 Å². The molecule has 2 aromatic rings. The molecular weight excluding hydrogens is 434 g/mol. The highest BCUT2D eigenvalue weighted by Crippen LogP contribution is 2.28. The molecule has 1 atom stereocenters. The van der Waals surface area contributed by atoms with Crippen LogP contribution < -0.4 is 5.32 Å². The van der Waals surface area contributed by atoms with Gasteiger partial charge < -0.3 is 19.5 Å². The quantitative estimate of drug-likeness (QED) is 0.632. The molecular formula is C23H28ClN3O5. The van der Waals surface area contributed by atoms with Crippen molar-refractivity contribution in [3.05, 3.63) is 41.0 Å². The van der Waals surface area contributed by atoms with Gasteiger partial charge in [0.05, 0.1) is 17.5 Å². The van der Waals surface area contributed by atoms with Crippen LogP contribution in [0.1, 0.15) is 44.1 Å². The largest absolute Gasteiger partial charge is 0.466 e. The van der Waals surface area contributed by atoms with E-state index in [9.17, 15) is 14.4 Å². The van der Waals surface area contributed by atoms with Gasteiger partial charge in [0.15, 0.2) is 11.5 Å². The van der Waals surface area contributed by atoms with Gasteiger partial charge in [-0.1, -0.05) is 42.7 Å². The Morgan fingerprint density at radius 3 is 2.56 bits per heavy atom. The SMILES string of the molecule is CCOC(=O)C1CCN(C(=O)[C@@H](NC(=O)c2cc(-c3ccccc3Cl)on2)C(C)C)CC1. The van der Waals surface area contributed by atoms with Crippen molar-refractivity contribution in [2.45, 2.75) is 39.7 Å². The number of hydrogen-bond acceptors (Lipinski definition) is 6. The summed E-state index contributed by atoms with van der Waals surface area (Å²) in [4.78, 5) is 39.5. The van der Waals surface area contributed by atoms with Crippen molar-refractivity contribution in [3.63, 3.8) is 0 Å². The van der Waals surface area contributed by atoms with Crippen molar-refractivity contribution >= 4 is 29.4 Å². The van der Waals surface area contributed by atoms with Crippen LogP contribution in [0.25, 0.3) is 11.3 Å². The number of esters is 1. The van der Waals surface area contributed by atoms with Gasteiger partial charge in [-0.3, -0.25) is 14.4 Å². The Labute approximate surface area is 192 Å². The number of amides is 2. The van der Waals surface area contributed by atoms with Gasteiger partial charge in [-0.05, 0) is 37.8 Å². The van der Waals surface area contributed by atoms with Gasteiger partial charge in [0.2, 0.25) is 5.91 Å². The number of hydrogen-bond donors (Lipinski definition) is 1. The summed E-state index contributed by atoms with van der Waals surface area (Å²) in [6, 6.07) is 7.88. The van der Waals surface area contributed by atoms with E-state index >= 15 is 0 Å². The predicted molar refractivity (Wildman–Crippen MR) is 119 cm³/mol. The molecule has 0 aliphatic carbocycles. The second-order valence-corrected chi connectivity index (χ2v) is 8.51. The monoisotopic (exact) mass is 461 g/mol. The van der Waals surface area contributed by atoms with Gasteiger partial charge in [-0.15, -0.1) is 0 Å². The molecule has 3 rings (SSSR count). The molecule has 2 heterocycles. The Morgan fingerprint density at radius 2 is 1.94 bits per heavy atom. The Hall–Kier alpha value is -2.87. The summed E-state index contributed by atoms with van der Waals surface area (Å²) in [7, 11) is 0. The summed E-state index contributed by atoms with van der Waals surface area (Å²) in [5, 5.41) is 7.11. The molecule has 0 radical (unpaired) electrons. The van der Waals surface area contributed by atoms with Crippen LogP contribution in [0.2, 0.25) is 5.02 Å². The minimum Gasteiger partial charge on any atom is -0.466 e. The second kappa shape index (κ2) is 10.6. The minimum atomic E-state index is -0.720. The molecule has 0 unspecified atom stereocenters. The molecule has 172 valence electrons. The smallest absolute Gasteiger partial charge is 0.309 e. The zero-order valence-corrected chi connectivity index (χ0v) is 19.2. The summed E-state index contributed by atoms with van der Waals surface area (Å²) in [6.45, 7) is 6.75. The highest BCUT2D eigenvalue weighted by molar-refractivity contribution is 6.33. The second-order valence-electron chi connectivity index (χ2n) is 8.10. The third-order valence-electron chi connectivity index (χ3n) is 5.53. The molecule has 1 aliphatic rings. The molecule has 32 heavy (non-hydrogen) atoms. The van der Waals surface area contributed by atoms with Crippen LogP contribution in [0.3, 0.4) is 0 Å². The number of nitrogens with one attached hydrogen (secondary N) is 1. The Bertz CT molecular complexity index is 966. The molecule has 0 saturated carbocycles. The molecule has 1 aromatic heterocycles. The summed E-state index contributed by atoms with van der Waals surface area (Å²) in [5.41, 5.74) is 0.695. The number of carbonyl (C=O) groups excluding carboxylic acids is 3. The third kappa shape index (κ3) is 5.48. The minimum absolute atomic E-state index is 0.0689. The van der Waals surface area contributed by atoms with Gasteiger partial charge in [0.25, 0.3) is 5.91 Å². The zero-order chi connectivity index (χ0) is 23.3. The number of halogens is 1. The number of rotatable bonds is 7. The number of ether oxygens (including phenoxy) is 1. The fraction of sp³-hybridized carbons (Fsp3) is 0.478. The van der Waals surface area contributed by atoms with Gasteiger partial charge in [-0.25, -0.2) is 0 Å². The lowest BCUT2D eigenvalue weighted by atomic mass is 9.95. The molecule has 1 saturated heterocycles. The van der Waals surface area contributed by atoms with Crippen molar-refractivity contribution in [2.75, 3.05) is 19.7 Å². The van der Waals surface area contributed by atoms with E-state index in [0.717, 1.165) is 0 Å². The average Bonchev–Trinajstić information content (AvgIpc) is 3.27. The number of nitrogens with zero attached hydrogens (tertiary/aromatic N) is 2. The molecule has 1 aliphatic heterocycles. The van der Waals surface area contributed by atoms with E-state index in [1.807, 2.05) is 19.9 Å². The van der Waals surface area contributed by atoms with E-state index in [1.54, 1.807) is 30.0 Å². The first kappa shape index (κ1) is 23.8. The Morgan fingerprint density at radius 1 is 1.25 bits per heavy atom. The molecule has 2 amide bonds. The number of aromatic nitrogens is 1. The van der Waals surface area contributed by atoms with Crippen molar-refractivity contribution < 1.29 is 23.6 Å². The first-order valence-electron chi connectivity index (χ1n) is 10.8. The van der Waals surface area contributed by atoms with Crippen molar-refractivity contribution in [2.24, 2.45) is 11.8 Å². The maximum Gasteiger partial charge on any atom is 0.309 e. The van der Waals surface area contributed by atoms with E-state index < -0.39 is 11.9 Å². The summed E-state index contributed by atoms with van der Waals surface area (Å²) in [5.74, 6) is -0.845. The molecule has 8 nitrogen and oxygen atoms in total. The van der Waals surface area contributed by atoms with Gasteiger partial charge >= 0.3 is 5.97 Å². The topological polar surface area (TPSA) is 102 Å². The lowest BCUT2D eigenvalue weighted by Gasteiger charge is -2.34. The van der Waals surface area contributed by atoms with E-state index in [1.165, 1.54) is 6.07 Å². The van der Waals surface area contributed by atoms with E-state index in [2.05, 4.69) is 10.5 Å². The average molecular weight is 462 g/mol. The van der Waals surface area contributed by atoms with Crippen LogP contribution in [-0.2, 0) is 14.3 Å². The Kier molecular flexibility index (Phi) is 7.90. The predicted octanol–water partition coefficient (Wildman–Crippen LogP) is 3.55. The molecule has 0 spiro atoms. The number of carbonyl (C=O) groups is 3. The maximum atomic E-state index is 13.1. The lowest BCUT2D eigenvalue weighted by Crippen LogP contribution is -2.53. The normalized spacial score (nSPS) is 15.5. The van der Waals surface area contributed by atoms with Crippen LogP contribution >= 0.6 is 11.6 Å². The van der Waals surface area contributed by atoms with E-state index in [4.69, 9.17) is 20.9 Å². The first-order valence-corrected chi connectivity index (χ1v) is 11.2. The maximum absolute atomic E-state index is 13.1. The number of likely N-dealkylation sites (tertiary alicyclic amines) is 1. The van der Waals surface area contributed by atoms with Crippen molar-refractivity contribution in [3.8, 4) is 11.3 Å². The summed E-state index contributed by atoms with van der Waals surface area (Å²) >= 11 is 6.18. The van der Waals surface area contributed by atoms with Crippen LogP contribution in [-0.4, -0.2) is 53.6 Å². The Balaban J connectivity index is 1.64. The van der Waals surface area contributed by atoms with Crippen LogP contribution in [0.5, 0.6) is 0 Å². The van der Waals surface area contributed by atoms with Gasteiger partial charge in [0.1, 0.15) is 6.04 Å². The number of benzene rings is 1. The first-order chi connectivity index (χ1) is 15.3. The van der Waals surface area contributed by atoms with Crippen molar-refractivity contribution in [1.29, 1.82) is 0 Å². The fourth-order valence-corrected chi connectivity index (χ4v) is 3.92. The molecule has 1 N–H and O–H groups in total. The van der Waals surface area contributed by atoms with Crippen LogP contribution in [0.4, 0.5) is 0 Å². The molecule has 0 bridgehead atoms. The van der Waals surface area contributed by atoms with Gasteiger partial charge in [0, 0.05) is 24.7 Å². The standard InChI is InChI=1S/C23H28ClN3O5/c1-4-31-23(30)15-9-11-27(12-10-15)22(29)20(14(2)3)25-21(28)18-13-19(32-26-18)16-7-5-6-8-17(16)24/h5-8,13-15,20H,4,9-12H2,1-3H3,(H,25,28)/t20-/m0/s1. The highest BCUT2D eigenvalue weighted by atomic mass is 35.5. The lowest BCUT2D eigenvalue weighted by molar-refractivity contribution is -0.151. The fourth-order valence-electron chi connectivity index (χ4n) is 3.69. The number of piperidine rings is 1. The molecule has 1 aromatic carbocycles. The summed E-state index contributed by atoms with van der Waals surface area (Å²) < 4.78 is 10.4. The zero-order valence-electron chi connectivity index (χ0n) is 18.5. The van der Waals surface area contributed by atoms with Gasteiger partial charge in [-0.2, -0.15) is 0 Å². The highest BCUT2D eigenvalue weighted by Gasteiger charge is 2.34. The molecule has 9 heteroatoms. The van der Waals surface area contributed by atoms with Crippen molar-refractivity contribution in [1.82, 2.24) is 15.4 Å². The van der Waals surface area contributed by atoms with Crippen LogP contribution in [0.15, 0.2) is 34.9 Å². The van der Waals surface area contributed by atoms with E-state index in [-0.39, 0.29) is 29.4 Å². The summed E-state index contributed by atoms with van der Waals surface area (Å²) in [6.07, 6.45) is 1.10. The van der Waals surface area contributed by atoms with Crippen LogP contribution in [0, 0.1) is 11.8 Å².